The molecule has 100 valence electrons. The molecule has 0 aliphatic heterocycles. The van der Waals surface area contributed by atoms with Gasteiger partial charge < -0.3 is 20.9 Å². The highest BCUT2D eigenvalue weighted by atomic mass is 16.5. The summed E-state index contributed by atoms with van der Waals surface area (Å²) < 4.78 is 10.6. The topological polar surface area (TPSA) is 70.5 Å². The molecule has 0 heterocycles. The summed E-state index contributed by atoms with van der Waals surface area (Å²) in [6.07, 6.45) is 3.75. The number of rotatable bonds is 3. The van der Waals surface area contributed by atoms with Gasteiger partial charge in [0.05, 0.1) is 14.2 Å². The van der Waals surface area contributed by atoms with Crippen LogP contribution in [-0.4, -0.2) is 20.3 Å². The van der Waals surface area contributed by atoms with Crippen molar-refractivity contribution in [3.63, 3.8) is 0 Å². The third-order valence-electron chi connectivity index (χ3n) is 3.85. The quantitative estimate of drug-likeness (QED) is 0.857. The zero-order valence-corrected chi connectivity index (χ0v) is 11.1. The van der Waals surface area contributed by atoms with E-state index in [0.717, 1.165) is 42.7 Å². The molecular formula is C14H22N2O2. The van der Waals surface area contributed by atoms with Gasteiger partial charge in [0.1, 0.15) is 11.5 Å². The smallest absolute Gasteiger partial charge is 0.122 e. The van der Waals surface area contributed by atoms with Crippen LogP contribution in [-0.2, 0) is 5.54 Å². The predicted octanol–water partition coefficient (Wildman–Crippen LogP) is 1.76. The summed E-state index contributed by atoms with van der Waals surface area (Å²) in [5, 5.41) is 0. The summed E-state index contributed by atoms with van der Waals surface area (Å²) in [6, 6.07) is 6.15. The molecule has 4 heteroatoms. The van der Waals surface area contributed by atoms with Crippen LogP contribution in [0.3, 0.4) is 0 Å². The maximum atomic E-state index is 6.52. The molecule has 2 rings (SSSR count). The van der Waals surface area contributed by atoms with E-state index in [0.29, 0.717) is 0 Å². The Kier molecular flexibility index (Phi) is 3.78. The molecule has 1 aromatic carbocycles. The third-order valence-corrected chi connectivity index (χ3v) is 3.85. The minimum absolute atomic E-state index is 0.286. The summed E-state index contributed by atoms with van der Waals surface area (Å²) in [4.78, 5) is 0. The monoisotopic (exact) mass is 250 g/mol. The largest absolute Gasteiger partial charge is 0.497 e. The zero-order valence-electron chi connectivity index (χ0n) is 11.1. The number of methoxy groups -OCH3 is 2. The molecule has 1 saturated carbocycles. The molecule has 0 spiro atoms. The Hall–Kier alpha value is -1.26. The second-order valence-electron chi connectivity index (χ2n) is 5.09. The van der Waals surface area contributed by atoms with Gasteiger partial charge in [0, 0.05) is 17.6 Å². The van der Waals surface area contributed by atoms with Crippen LogP contribution in [0, 0.1) is 0 Å². The number of hydrogen-bond donors (Lipinski definition) is 2. The molecule has 0 saturated heterocycles. The first-order valence-corrected chi connectivity index (χ1v) is 6.35. The molecule has 4 N–H and O–H groups in total. The Labute approximate surface area is 108 Å². The second-order valence-corrected chi connectivity index (χ2v) is 5.09. The second kappa shape index (κ2) is 5.16. The molecule has 1 fully saturated rings. The van der Waals surface area contributed by atoms with E-state index in [9.17, 15) is 0 Å². The Morgan fingerprint density at radius 1 is 1.06 bits per heavy atom. The van der Waals surface area contributed by atoms with Crippen molar-refractivity contribution in [2.45, 2.75) is 37.3 Å². The first-order valence-electron chi connectivity index (χ1n) is 6.35. The fraction of sp³-hybridized carbons (Fsp3) is 0.571. The van der Waals surface area contributed by atoms with Crippen LogP contribution in [0.25, 0.3) is 0 Å². The van der Waals surface area contributed by atoms with Crippen molar-refractivity contribution in [3.05, 3.63) is 23.8 Å². The van der Waals surface area contributed by atoms with E-state index in [1.54, 1.807) is 14.2 Å². The molecule has 0 atom stereocenters. The molecule has 1 aliphatic rings. The lowest BCUT2D eigenvalue weighted by molar-refractivity contribution is 0.275. The van der Waals surface area contributed by atoms with Gasteiger partial charge >= 0.3 is 0 Å². The number of ether oxygens (including phenoxy) is 2. The van der Waals surface area contributed by atoms with Crippen LogP contribution in [0.15, 0.2) is 18.2 Å². The number of benzene rings is 1. The zero-order chi connectivity index (χ0) is 13.2. The third kappa shape index (κ3) is 2.60. The summed E-state index contributed by atoms with van der Waals surface area (Å²) in [7, 11) is 3.30. The number of nitrogens with two attached hydrogens (primary N) is 2. The summed E-state index contributed by atoms with van der Waals surface area (Å²) in [6.45, 7) is 0. The average Bonchev–Trinajstić information content (AvgIpc) is 2.41. The van der Waals surface area contributed by atoms with E-state index in [1.807, 2.05) is 18.2 Å². The van der Waals surface area contributed by atoms with Gasteiger partial charge in [-0.05, 0) is 43.4 Å². The molecule has 0 amide bonds. The molecule has 4 nitrogen and oxygen atoms in total. The van der Waals surface area contributed by atoms with Gasteiger partial charge in [-0.2, -0.15) is 0 Å². The lowest BCUT2D eigenvalue weighted by atomic mass is 9.76. The molecule has 1 aliphatic carbocycles. The predicted molar refractivity (Wildman–Crippen MR) is 71.9 cm³/mol. The standard InChI is InChI=1S/C14H22N2O2/c1-17-12-7-10(8-13(9-12)18-2)14(16)5-3-11(15)4-6-14/h7-9,11H,3-6,15-16H2,1-2H3. The normalized spacial score (nSPS) is 27.9. The van der Waals surface area contributed by atoms with E-state index in [-0.39, 0.29) is 11.6 Å². The van der Waals surface area contributed by atoms with Crippen LogP contribution in [0.1, 0.15) is 31.2 Å². The summed E-state index contributed by atoms with van der Waals surface area (Å²) in [5.74, 6) is 1.56. The molecule has 1 aromatic rings. The lowest BCUT2D eigenvalue weighted by Crippen LogP contribution is -2.43. The van der Waals surface area contributed by atoms with Crippen LogP contribution in [0.5, 0.6) is 11.5 Å². The highest BCUT2D eigenvalue weighted by molar-refractivity contribution is 5.41. The van der Waals surface area contributed by atoms with Gasteiger partial charge in [-0.3, -0.25) is 0 Å². The van der Waals surface area contributed by atoms with Crippen molar-refractivity contribution in [3.8, 4) is 11.5 Å². The highest BCUT2D eigenvalue weighted by Gasteiger charge is 2.32. The van der Waals surface area contributed by atoms with Crippen molar-refractivity contribution in [2.24, 2.45) is 11.5 Å². The van der Waals surface area contributed by atoms with Gasteiger partial charge in [0.15, 0.2) is 0 Å². The van der Waals surface area contributed by atoms with Gasteiger partial charge in [0.2, 0.25) is 0 Å². The van der Waals surface area contributed by atoms with Crippen molar-refractivity contribution in [1.29, 1.82) is 0 Å². The van der Waals surface area contributed by atoms with Crippen LogP contribution in [0.2, 0.25) is 0 Å². The Morgan fingerprint density at radius 2 is 1.56 bits per heavy atom. The Bertz CT molecular complexity index is 390. The summed E-state index contributed by atoms with van der Waals surface area (Å²) in [5.41, 5.74) is 13.2. The van der Waals surface area contributed by atoms with E-state index < -0.39 is 0 Å². The van der Waals surface area contributed by atoms with Crippen molar-refractivity contribution in [2.75, 3.05) is 14.2 Å². The van der Waals surface area contributed by atoms with Crippen LogP contribution in [0.4, 0.5) is 0 Å². The van der Waals surface area contributed by atoms with Crippen molar-refractivity contribution >= 4 is 0 Å². The summed E-state index contributed by atoms with van der Waals surface area (Å²) >= 11 is 0. The fourth-order valence-electron chi connectivity index (χ4n) is 2.54. The molecule has 0 radical (unpaired) electrons. The Morgan fingerprint density at radius 3 is 2.00 bits per heavy atom. The van der Waals surface area contributed by atoms with Crippen molar-refractivity contribution in [1.82, 2.24) is 0 Å². The van der Waals surface area contributed by atoms with E-state index in [2.05, 4.69) is 0 Å². The average molecular weight is 250 g/mol. The van der Waals surface area contributed by atoms with Crippen LogP contribution >= 0.6 is 0 Å². The van der Waals surface area contributed by atoms with Gasteiger partial charge in [-0.15, -0.1) is 0 Å². The Balaban J connectivity index is 2.31. The highest BCUT2D eigenvalue weighted by Crippen LogP contribution is 2.37. The van der Waals surface area contributed by atoms with Gasteiger partial charge in [-0.1, -0.05) is 0 Å². The van der Waals surface area contributed by atoms with Gasteiger partial charge in [0.25, 0.3) is 0 Å². The first kappa shape index (κ1) is 13.2. The van der Waals surface area contributed by atoms with E-state index in [4.69, 9.17) is 20.9 Å². The van der Waals surface area contributed by atoms with Crippen molar-refractivity contribution < 1.29 is 9.47 Å². The maximum absolute atomic E-state index is 6.52. The molecule has 0 unspecified atom stereocenters. The number of hydrogen-bond acceptors (Lipinski definition) is 4. The SMILES string of the molecule is COc1cc(OC)cc(C2(N)CCC(N)CC2)c1. The minimum atomic E-state index is -0.308. The molecule has 0 bridgehead atoms. The first-order chi connectivity index (χ1) is 8.57. The van der Waals surface area contributed by atoms with E-state index >= 15 is 0 Å². The van der Waals surface area contributed by atoms with E-state index in [1.165, 1.54) is 0 Å². The maximum Gasteiger partial charge on any atom is 0.122 e. The molecule has 18 heavy (non-hydrogen) atoms. The van der Waals surface area contributed by atoms with Crippen LogP contribution < -0.4 is 20.9 Å². The molecule has 0 aromatic heterocycles. The lowest BCUT2D eigenvalue weighted by Gasteiger charge is -2.36. The molecular weight excluding hydrogens is 228 g/mol. The minimum Gasteiger partial charge on any atom is -0.497 e. The van der Waals surface area contributed by atoms with Gasteiger partial charge in [-0.25, -0.2) is 0 Å². The fourth-order valence-corrected chi connectivity index (χ4v) is 2.54.